The maximum Gasteiger partial charge on any atom is 0.469 e. The molecule has 1 rings (SSSR count). The smallest absolute Gasteiger partial charge is 0.303 e. The Bertz CT molecular complexity index is 396. The van der Waals surface area contributed by atoms with Crippen LogP contribution in [0.2, 0.25) is 0 Å². The molecule has 0 aliphatic heterocycles. The van der Waals surface area contributed by atoms with E-state index in [1.807, 2.05) is 0 Å². The minimum absolute atomic E-state index is 0.0880. The second-order valence-corrected chi connectivity index (χ2v) is 3.93. The first-order chi connectivity index (χ1) is 6.88. The highest BCUT2D eigenvalue weighted by Gasteiger charge is 2.13. The first-order valence-corrected chi connectivity index (χ1v) is 5.35. The third-order valence-corrected chi connectivity index (χ3v) is 2.01. The monoisotopic (exact) mass is 233 g/mol. The average Bonchev–Trinajstić information content (AvgIpc) is 2.14. The van der Waals surface area contributed by atoms with Gasteiger partial charge in [-0.25, -0.2) is 4.57 Å². The van der Waals surface area contributed by atoms with E-state index in [1.165, 1.54) is 24.3 Å². The van der Waals surface area contributed by atoms with Crippen LogP contribution in [-0.4, -0.2) is 14.7 Å². The molecular weight excluding hydrogens is 225 g/mol. The summed E-state index contributed by atoms with van der Waals surface area (Å²) in [6.07, 6.45) is 0. The zero-order valence-electron chi connectivity index (χ0n) is 7.44. The van der Waals surface area contributed by atoms with Crippen LogP contribution in [0, 0.1) is 10.1 Å². The second kappa shape index (κ2) is 4.50. The van der Waals surface area contributed by atoms with Crippen molar-refractivity contribution in [3.63, 3.8) is 0 Å². The Hall–Kier alpha value is -1.27. The molecule has 7 nitrogen and oxygen atoms in total. The lowest BCUT2D eigenvalue weighted by Crippen LogP contribution is -1.92. The molecule has 1 aromatic rings. The summed E-state index contributed by atoms with van der Waals surface area (Å²) < 4.78 is 14.6. The summed E-state index contributed by atoms with van der Waals surface area (Å²) in [6, 6.07) is 5.21. The van der Waals surface area contributed by atoms with E-state index in [0.717, 1.165) is 0 Å². The molecule has 0 atom stereocenters. The summed E-state index contributed by atoms with van der Waals surface area (Å²) in [5, 5.41) is 10.3. The van der Waals surface area contributed by atoms with Crippen LogP contribution in [-0.2, 0) is 15.7 Å². The molecule has 15 heavy (non-hydrogen) atoms. The molecule has 0 amide bonds. The SMILES string of the molecule is O=[N+]([O-])c1ccc(COP(=O)(O)O)cc1. The number of benzene rings is 1. The Morgan fingerprint density at radius 3 is 2.27 bits per heavy atom. The molecule has 0 aromatic heterocycles. The van der Waals surface area contributed by atoms with Gasteiger partial charge in [0, 0.05) is 12.1 Å². The summed E-state index contributed by atoms with van der Waals surface area (Å²) in [4.78, 5) is 26.5. The van der Waals surface area contributed by atoms with Gasteiger partial charge in [-0.05, 0) is 17.7 Å². The normalized spacial score (nSPS) is 11.3. The van der Waals surface area contributed by atoms with E-state index in [9.17, 15) is 14.7 Å². The van der Waals surface area contributed by atoms with E-state index in [0.29, 0.717) is 5.56 Å². The highest BCUT2D eigenvalue weighted by atomic mass is 31.2. The number of rotatable bonds is 4. The van der Waals surface area contributed by atoms with Crippen molar-refractivity contribution < 1.29 is 23.8 Å². The quantitative estimate of drug-likeness (QED) is 0.459. The summed E-state index contributed by atoms with van der Waals surface area (Å²) in [6.45, 7) is -0.289. The zero-order chi connectivity index (χ0) is 11.5. The van der Waals surface area contributed by atoms with E-state index in [4.69, 9.17) is 9.79 Å². The van der Waals surface area contributed by atoms with Crippen molar-refractivity contribution in [2.45, 2.75) is 6.61 Å². The summed E-state index contributed by atoms with van der Waals surface area (Å²) in [5.74, 6) is 0. The fourth-order valence-corrected chi connectivity index (χ4v) is 1.19. The van der Waals surface area contributed by atoms with Crippen molar-refractivity contribution in [2.24, 2.45) is 0 Å². The van der Waals surface area contributed by atoms with Gasteiger partial charge in [-0.1, -0.05) is 0 Å². The van der Waals surface area contributed by atoms with Crippen molar-refractivity contribution in [3.8, 4) is 0 Å². The predicted molar refractivity (Wildman–Crippen MR) is 49.9 cm³/mol. The van der Waals surface area contributed by atoms with Gasteiger partial charge < -0.3 is 9.79 Å². The minimum atomic E-state index is -4.50. The molecule has 0 radical (unpaired) electrons. The van der Waals surface area contributed by atoms with Crippen molar-refractivity contribution in [2.75, 3.05) is 0 Å². The number of nitro groups is 1. The van der Waals surface area contributed by atoms with Crippen LogP contribution in [0.25, 0.3) is 0 Å². The Balaban J connectivity index is 2.65. The summed E-state index contributed by atoms with van der Waals surface area (Å²) in [7, 11) is -4.50. The van der Waals surface area contributed by atoms with Gasteiger partial charge in [0.15, 0.2) is 0 Å². The number of phosphoric ester groups is 1. The molecule has 0 heterocycles. The molecule has 0 saturated heterocycles. The predicted octanol–water partition coefficient (Wildman–Crippen LogP) is 1.20. The van der Waals surface area contributed by atoms with E-state index in [1.54, 1.807) is 0 Å². The Labute approximate surface area is 84.7 Å². The first kappa shape index (κ1) is 11.8. The van der Waals surface area contributed by atoms with Crippen LogP contribution in [0.15, 0.2) is 24.3 Å². The van der Waals surface area contributed by atoms with Crippen LogP contribution >= 0.6 is 7.82 Å². The highest BCUT2D eigenvalue weighted by Crippen LogP contribution is 2.36. The largest absolute Gasteiger partial charge is 0.469 e. The van der Waals surface area contributed by atoms with Gasteiger partial charge in [-0.15, -0.1) is 0 Å². The number of phosphoric acid groups is 1. The molecule has 82 valence electrons. The lowest BCUT2D eigenvalue weighted by molar-refractivity contribution is -0.384. The lowest BCUT2D eigenvalue weighted by Gasteiger charge is -2.04. The molecule has 8 heteroatoms. The number of hydrogen-bond acceptors (Lipinski definition) is 4. The van der Waals surface area contributed by atoms with E-state index >= 15 is 0 Å². The molecule has 0 saturated carbocycles. The first-order valence-electron chi connectivity index (χ1n) is 3.82. The van der Waals surface area contributed by atoms with E-state index < -0.39 is 12.7 Å². The average molecular weight is 233 g/mol. The topological polar surface area (TPSA) is 110 Å². The van der Waals surface area contributed by atoms with Gasteiger partial charge in [-0.3, -0.25) is 14.6 Å². The van der Waals surface area contributed by atoms with Gasteiger partial charge in [0.2, 0.25) is 0 Å². The van der Waals surface area contributed by atoms with Crippen molar-refractivity contribution in [1.29, 1.82) is 0 Å². The Morgan fingerprint density at radius 1 is 1.33 bits per heavy atom. The van der Waals surface area contributed by atoms with E-state index in [-0.39, 0.29) is 12.3 Å². The van der Waals surface area contributed by atoms with Crippen LogP contribution in [0.5, 0.6) is 0 Å². The van der Waals surface area contributed by atoms with Gasteiger partial charge in [-0.2, -0.15) is 0 Å². The van der Waals surface area contributed by atoms with Crippen LogP contribution in [0.3, 0.4) is 0 Å². The Morgan fingerprint density at radius 2 is 1.87 bits per heavy atom. The second-order valence-electron chi connectivity index (χ2n) is 2.69. The molecule has 0 aliphatic rings. The summed E-state index contributed by atoms with van der Waals surface area (Å²) in [5.41, 5.74) is 0.360. The van der Waals surface area contributed by atoms with Gasteiger partial charge in [0.1, 0.15) is 0 Å². The van der Waals surface area contributed by atoms with Gasteiger partial charge >= 0.3 is 7.82 Å². The van der Waals surface area contributed by atoms with Crippen molar-refractivity contribution in [1.82, 2.24) is 0 Å². The van der Waals surface area contributed by atoms with Crippen LogP contribution in [0.4, 0.5) is 5.69 Å². The molecule has 0 bridgehead atoms. The van der Waals surface area contributed by atoms with Gasteiger partial charge in [0.25, 0.3) is 5.69 Å². The van der Waals surface area contributed by atoms with Crippen molar-refractivity contribution >= 4 is 13.5 Å². The Kier molecular flexibility index (Phi) is 3.54. The molecule has 1 aromatic carbocycles. The molecule has 0 aliphatic carbocycles. The minimum Gasteiger partial charge on any atom is -0.303 e. The third kappa shape index (κ3) is 4.18. The number of hydrogen-bond donors (Lipinski definition) is 2. The molecule has 2 N–H and O–H groups in total. The zero-order valence-corrected chi connectivity index (χ0v) is 8.33. The van der Waals surface area contributed by atoms with Crippen molar-refractivity contribution in [3.05, 3.63) is 39.9 Å². The summed E-state index contributed by atoms with van der Waals surface area (Å²) >= 11 is 0. The standard InChI is InChI=1S/C7H8NO6P/c9-8(10)7-3-1-6(2-4-7)5-14-15(11,12)13/h1-4H,5H2,(H2,11,12,13). The fourth-order valence-electron chi connectivity index (χ4n) is 0.873. The maximum atomic E-state index is 10.3. The molecular formula is C7H8NO6P. The van der Waals surface area contributed by atoms with E-state index in [2.05, 4.69) is 4.52 Å². The number of nitro benzene ring substituents is 1. The maximum absolute atomic E-state index is 10.3. The fraction of sp³-hybridized carbons (Fsp3) is 0.143. The molecule has 0 unspecified atom stereocenters. The molecule has 0 spiro atoms. The number of nitrogens with zero attached hydrogens (tertiary/aromatic N) is 1. The highest BCUT2D eigenvalue weighted by molar-refractivity contribution is 7.46. The lowest BCUT2D eigenvalue weighted by atomic mass is 10.2. The van der Waals surface area contributed by atoms with Crippen LogP contribution in [0.1, 0.15) is 5.56 Å². The molecule has 0 fully saturated rings. The number of non-ortho nitro benzene ring substituents is 1. The third-order valence-electron chi connectivity index (χ3n) is 1.55. The van der Waals surface area contributed by atoms with Gasteiger partial charge in [0.05, 0.1) is 11.5 Å². The van der Waals surface area contributed by atoms with Crippen LogP contribution < -0.4 is 0 Å².